The smallest absolute Gasteiger partial charge is 0.357 e. The molecule has 0 saturated heterocycles. The van der Waals surface area contributed by atoms with Gasteiger partial charge in [0, 0.05) is 18.3 Å². The third-order valence-corrected chi connectivity index (χ3v) is 4.27. The number of thiazole rings is 1. The molecule has 1 rings (SSSR count). The summed E-state index contributed by atoms with van der Waals surface area (Å²) in [4.78, 5) is 30.2. The molecule has 0 saturated carbocycles. The summed E-state index contributed by atoms with van der Waals surface area (Å²) in [5, 5.41) is 2.48. The fourth-order valence-electron chi connectivity index (χ4n) is 2.04. The fourth-order valence-corrected chi connectivity index (χ4v) is 2.82. The lowest BCUT2D eigenvalue weighted by Gasteiger charge is -2.22. The molecule has 1 aromatic rings. The molecule has 1 heterocycles. The van der Waals surface area contributed by atoms with Gasteiger partial charge < -0.3 is 9.64 Å². The summed E-state index contributed by atoms with van der Waals surface area (Å²) in [6.07, 6.45) is 3.45. The zero-order chi connectivity index (χ0) is 17.2. The van der Waals surface area contributed by atoms with Gasteiger partial charge in [0.1, 0.15) is 5.01 Å². The zero-order valence-corrected chi connectivity index (χ0v) is 15.4. The van der Waals surface area contributed by atoms with Crippen LogP contribution in [-0.2, 0) is 16.1 Å². The maximum Gasteiger partial charge on any atom is 0.357 e. The standard InChI is InChI=1S/C17H28N2O3S/c1-5-7-8-16(20)19(10-9-13(3)4)11-15-18-14(12-23-15)17(21)22-6-2/h12-13H,5-11H2,1-4H3. The van der Waals surface area contributed by atoms with Gasteiger partial charge in [-0.1, -0.05) is 27.2 Å². The van der Waals surface area contributed by atoms with Gasteiger partial charge in [-0.05, 0) is 25.7 Å². The highest BCUT2D eigenvalue weighted by atomic mass is 32.1. The number of carbonyl (C=O) groups excluding carboxylic acids is 2. The van der Waals surface area contributed by atoms with Gasteiger partial charge in [0.05, 0.1) is 13.2 Å². The van der Waals surface area contributed by atoms with Crippen molar-refractivity contribution in [1.29, 1.82) is 0 Å². The van der Waals surface area contributed by atoms with Gasteiger partial charge in [-0.25, -0.2) is 9.78 Å². The summed E-state index contributed by atoms with van der Waals surface area (Å²) in [7, 11) is 0. The van der Waals surface area contributed by atoms with Gasteiger partial charge in [-0.15, -0.1) is 11.3 Å². The van der Waals surface area contributed by atoms with Crippen molar-refractivity contribution in [3.63, 3.8) is 0 Å². The highest BCUT2D eigenvalue weighted by molar-refractivity contribution is 7.09. The number of ether oxygens (including phenoxy) is 1. The number of carbonyl (C=O) groups is 2. The van der Waals surface area contributed by atoms with Crippen LogP contribution in [0, 0.1) is 5.92 Å². The highest BCUT2D eigenvalue weighted by Crippen LogP contribution is 2.16. The van der Waals surface area contributed by atoms with Crippen molar-refractivity contribution in [1.82, 2.24) is 9.88 Å². The van der Waals surface area contributed by atoms with E-state index in [1.165, 1.54) is 11.3 Å². The number of hydrogen-bond acceptors (Lipinski definition) is 5. The molecular formula is C17H28N2O3S. The van der Waals surface area contributed by atoms with E-state index in [0.29, 0.717) is 31.2 Å². The van der Waals surface area contributed by atoms with Crippen molar-refractivity contribution in [2.24, 2.45) is 5.92 Å². The second kappa shape index (κ2) is 10.4. The first-order valence-corrected chi connectivity index (χ1v) is 9.25. The van der Waals surface area contributed by atoms with E-state index >= 15 is 0 Å². The molecule has 1 aromatic heterocycles. The van der Waals surface area contributed by atoms with Crippen LogP contribution in [0.25, 0.3) is 0 Å². The van der Waals surface area contributed by atoms with Crippen LogP contribution in [0.15, 0.2) is 5.38 Å². The maximum atomic E-state index is 12.4. The molecule has 0 spiro atoms. The highest BCUT2D eigenvalue weighted by Gasteiger charge is 2.17. The lowest BCUT2D eigenvalue weighted by molar-refractivity contribution is -0.132. The quantitative estimate of drug-likeness (QED) is 0.606. The Labute approximate surface area is 143 Å². The van der Waals surface area contributed by atoms with Crippen LogP contribution in [0.5, 0.6) is 0 Å². The number of unbranched alkanes of at least 4 members (excludes halogenated alkanes) is 1. The molecule has 0 atom stereocenters. The number of hydrogen-bond donors (Lipinski definition) is 0. The molecule has 6 heteroatoms. The third kappa shape index (κ3) is 7.12. The van der Waals surface area contributed by atoms with Crippen LogP contribution in [0.3, 0.4) is 0 Å². The van der Waals surface area contributed by atoms with Crippen molar-refractivity contribution < 1.29 is 14.3 Å². The van der Waals surface area contributed by atoms with E-state index in [2.05, 4.69) is 25.8 Å². The molecule has 130 valence electrons. The zero-order valence-electron chi connectivity index (χ0n) is 14.6. The fraction of sp³-hybridized carbons (Fsp3) is 0.706. The Balaban J connectivity index is 2.71. The number of nitrogens with zero attached hydrogens (tertiary/aromatic N) is 2. The summed E-state index contributed by atoms with van der Waals surface area (Å²) < 4.78 is 4.95. The summed E-state index contributed by atoms with van der Waals surface area (Å²) in [5.41, 5.74) is 0.330. The number of amides is 1. The molecule has 0 bridgehead atoms. The maximum absolute atomic E-state index is 12.4. The van der Waals surface area contributed by atoms with Gasteiger partial charge >= 0.3 is 5.97 Å². The minimum absolute atomic E-state index is 0.167. The summed E-state index contributed by atoms with van der Waals surface area (Å²) in [5.74, 6) is 0.310. The van der Waals surface area contributed by atoms with Gasteiger partial charge in [-0.2, -0.15) is 0 Å². The van der Waals surface area contributed by atoms with Crippen LogP contribution in [-0.4, -0.2) is 34.9 Å². The van der Waals surface area contributed by atoms with E-state index in [-0.39, 0.29) is 5.91 Å². The molecule has 23 heavy (non-hydrogen) atoms. The minimum atomic E-state index is -0.402. The van der Waals surface area contributed by atoms with Crippen molar-refractivity contribution in [2.75, 3.05) is 13.2 Å². The Morgan fingerprint density at radius 1 is 1.35 bits per heavy atom. The summed E-state index contributed by atoms with van der Waals surface area (Å²) in [6.45, 7) is 9.69. The van der Waals surface area contributed by atoms with Crippen LogP contribution in [0.4, 0.5) is 0 Å². The number of aromatic nitrogens is 1. The Hall–Kier alpha value is -1.43. The van der Waals surface area contributed by atoms with E-state index < -0.39 is 5.97 Å². The molecular weight excluding hydrogens is 312 g/mol. The first-order chi connectivity index (χ1) is 11.0. The molecule has 1 amide bonds. The molecule has 0 unspecified atom stereocenters. The topological polar surface area (TPSA) is 59.5 Å². The predicted octanol–water partition coefficient (Wildman–Crippen LogP) is 3.88. The molecule has 0 N–H and O–H groups in total. The first-order valence-electron chi connectivity index (χ1n) is 8.37. The second-order valence-corrected chi connectivity index (χ2v) is 6.89. The summed E-state index contributed by atoms with van der Waals surface area (Å²) in [6, 6.07) is 0. The monoisotopic (exact) mass is 340 g/mol. The lowest BCUT2D eigenvalue weighted by atomic mass is 10.1. The van der Waals surface area contributed by atoms with Gasteiger partial charge in [-0.3, -0.25) is 4.79 Å². The average molecular weight is 340 g/mol. The van der Waals surface area contributed by atoms with E-state index in [4.69, 9.17) is 4.74 Å². The SMILES string of the molecule is CCCCC(=O)N(CCC(C)C)Cc1nc(C(=O)OCC)cs1. The van der Waals surface area contributed by atoms with Crippen molar-refractivity contribution in [2.45, 2.75) is 59.9 Å². The van der Waals surface area contributed by atoms with Gasteiger partial charge in [0.2, 0.25) is 5.91 Å². The molecule has 0 aliphatic heterocycles. The largest absolute Gasteiger partial charge is 0.461 e. The van der Waals surface area contributed by atoms with Crippen molar-refractivity contribution in [3.8, 4) is 0 Å². The predicted molar refractivity (Wildman–Crippen MR) is 92.5 cm³/mol. The van der Waals surface area contributed by atoms with E-state index in [1.54, 1.807) is 12.3 Å². The molecule has 0 aliphatic carbocycles. The molecule has 0 fully saturated rings. The molecule has 0 aromatic carbocycles. The Morgan fingerprint density at radius 3 is 2.70 bits per heavy atom. The first kappa shape index (κ1) is 19.6. The lowest BCUT2D eigenvalue weighted by Crippen LogP contribution is -2.32. The third-order valence-electron chi connectivity index (χ3n) is 3.44. The normalized spacial score (nSPS) is 10.8. The van der Waals surface area contributed by atoms with Crippen molar-refractivity contribution >= 4 is 23.2 Å². The Kier molecular flexibility index (Phi) is 8.84. The second-order valence-electron chi connectivity index (χ2n) is 5.95. The Morgan fingerprint density at radius 2 is 2.09 bits per heavy atom. The number of esters is 1. The Bertz CT molecular complexity index is 500. The molecule has 0 radical (unpaired) electrons. The minimum Gasteiger partial charge on any atom is -0.461 e. The molecule has 0 aliphatic rings. The van der Waals surface area contributed by atoms with Crippen LogP contribution >= 0.6 is 11.3 Å². The summed E-state index contributed by atoms with van der Waals surface area (Å²) >= 11 is 1.40. The molecule has 5 nitrogen and oxygen atoms in total. The van der Waals surface area contributed by atoms with Crippen LogP contribution in [0.1, 0.15) is 68.9 Å². The average Bonchev–Trinajstić information content (AvgIpc) is 2.97. The van der Waals surface area contributed by atoms with E-state index in [1.807, 2.05) is 4.90 Å². The van der Waals surface area contributed by atoms with Crippen molar-refractivity contribution in [3.05, 3.63) is 16.1 Å². The van der Waals surface area contributed by atoms with E-state index in [0.717, 1.165) is 30.8 Å². The van der Waals surface area contributed by atoms with E-state index in [9.17, 15) is 9.59 Å². The van der Waals surface area contributed by atoms with Crippen LogP contribution < -0.4 is 0 Å². The number of rotatable bonds is 10. The van der Waals surface area contributed by atoms with Gasteiger partial charge in [0.15, 0.2) is 5.69 Å². The van der Waals surface area contributed by atoms with Gasteiger partial charge in [0.25, 0.3) is 0 Å². The van der Waals surface area contributed by atoms with Crippen LogP contribution in [0.2, 0.25) is 0 Å².